The van der Waals surface area contributed by atoms with Crippen LogP contribution in [0.15, 0.2) is 11.1 Å². The molecule has 9 heteroatoms. The zero-order valence-corrected chi connectivity index (χ0v) is 9.32. The van der Waals surface area contributed by atoms with E-state index in [1.54, 1.807) is 0 Å². The molecule has 2 heterocycles. The molecule has 0 aliphatic carbocycles. The number of rotatable bonds is 4. The molecule has 0 saturated heterocycles. The number of aromatic amines is 1. The Morgan fingerprint density at radius 1 is 1.44 bits per heavy atom. The number of nitrogen functional groups attached to an aromatic ring is 1. The van der Waals surface area contributed by atoms with Crippen LogP contribution in [0.2, 0.25) is 0 Å². The number of nitrogens with zero attached hydrogens (tertiary/aromatic N) is 3. The number of aliphatic hydroxyl groups is 3. The maximum Gasteiger partial charge on any atom is 0.280 e. The molecule has 0 unspecified atom stereocenters. The minimum atomic E-state index is -1.28. The number of aliphatic hydroxyl groups excluding tert-OH is 3. The number of fused-ring (bicyclic) bond motifs is 1. The van der Waals surface area contributed by atoms with Crippen LogP contribution >= 0.6 is 0 Å². The largest absolute Gasteiger partial charge is 0.394 e. The Balaban J connectivity index is 2.38. The van der Waals surface area contributed by atoms with Crippen molar-refractivity contribution in [2.24, 2.45) is 0 Å². The van der Waals surface area contributed by atoms with Gasteiger partial charge >= 0.3 is 0 Å². The third-order valence-electron chi connectivity index (χ3n) is 2.51. The SMILES string of the molecule is Nc1nc2c(ncn2C[C@@H](O)[C@H](O)CO)c(=O)[nH]1. The zero-order valence-electron chi connectivity index (χ0n) is 9.32. The molecule has 2 rings (SSSR count). The van der Waals surface area contributed by atoms with Crippen molar-refractivity contribution in [1.82, 2.24) is 19.5 Å². The van der Waals surface area contributed by atoms with E-state index in [2.05, 4.69) is 15.0 Å². The lowest BCUT2D eigenvalue weighted by Gasteiger charge is -2.15. The summed E-state index contributed by atoms with van der Waals surface area (Å²) in [6.07, 6.45) is -1.17. The topological polar surface area (TPSA) is 150 Å². The average molecular weight is 255 g/mol. The zero-order chi connectivity index (χ0) is 13.3. The quantitative estimate of drug-likeness (QED) is 0.402. The van der Waals surface area contributed by atoms with Gasteiger partial charge in [0.05, 0.1) is 19.5 Å². The van der Waals surface area contributed by atoms with Crippen molar-refractivity contribution in [2.75, 3.05) is 12.3 Å². The van der Waals surface area contributed by atoms with Gasteiger partial charge in [-0.1, -0.05) is 0 Å². The van der Waals surface area contributed by atoms with Gasteiger partial charge in [0.25, 0.3) is 5.56 Å². The summed E-state index contributed by atoms with van der Waals surface area (Å²) in [5, 5.41) is 27.6. The van der Waals surface area contributed by atoms with Crippen LogP contribution in [0.1, 0.15) is 0 Å². The van der Waals surface area contributed by atoms with E-state index in [4.69, 9.17) is 10.8 Å². The Morgan fingerprint density at radius 2 is 2.17 bits per heavy atom. The lowest BCUT2D eigenvalue weighted by atomic mass is 10.2. The predicted molar refractivity (Wildman–Crippen MR) is 61.7 cm³/mol. The maximum atomic E-state index is 11.5. The summed E-state index contributed by atoms with van der Waals surface area (Å²) in [5.74, 6) is -0.0635. The van der Waals surface area contributed by atoms with Crippen molar-refractivity contribution >= 4 is 17.1 Å². The molecule has 0 spiro atoms. The van der Waals surface area contributed by atoms with Crippen molar-refractivity contribution in [3.8, 4) is 0 Å². The summed E-state index contributed by atoms with van der Waals surface area (Å²) in [4.78, 5) is 21.5. The molecule has 0 radical (unpaired) electrons. The van der Waals surface area contributed by atoms with E-state index in [0.717, 1.165) is 0 Å². The normalized spacial score (nSPS) is 14.8. The summed E-state index contributed by atoms with van der Waals surface area (Å²) in [6.45, 7) is -0.627. The second kappa shape index (κ2) is 4.72. The maximum absolute atomic E-state index is 11.5. The van der Waals surface area contributed by atoms with Crippen LogP contribution in [0.25, 0.3) is 11.2 Å². The second-order valence-electron chi connectivity index (χ2n) is 3.84. The molecule has 6 N–H and O–H groups in total. The Morgan fingerprint density at radius 3 is 2.83 bits per heavy atom. The number of imidazole rings is 1. The molecule has 98 valence electrons. The van der Waals surface area contributed by atoms with E-state index in [0.29, 0.717) is 0 Å². The van der Waals surface area contributed by atoms with Crippen molar-refractivity contribution < 1.29 is 15.3 Å². The number of hydrogen-bond acceptors (Lipinski definition) is 7. The standard InChI is InChI=1S/C9H13N5O4/c10-9-12-7-6(8(18)13-9)11-3-14(7)1-4(16)5(17)2-15/h3-5,15-17H,1-2H2,(H3,10,12,13,18)/t4-,5-/m1/s1. The summed E-state index contributed by atoms with van der Waals surface area (Å²) in [6, 6.07) is 0. The van der Waals surface area contributed by atoms with E-state index >= 15 is 0 Å². The van der Waals surface area contributed by atoms with Crippen molar-refractivity contribution in [2.45, 2.75) is 18.8 Å². The van der Waals surface area contributed by atoms with Gasteiger partial charge in [0.15, 0.2) is 11.2 Å². The summed E-state index contributed by atoms with van der Waals surface area (Å²) in [5.41, 5.74) is 5.23. The third kappa shape index (κ3) is 2.18. The first-order valence-corrected chi connectivity index (χ1v) is 5.20. The van der Waals surface area contributed by atoms with Crippen LogP contribution in [0.4, 0.5) is 5.95 Å². The molecule has 0 saturated carbocycles. The Hall–Kier alpha value is -1.97. The van der Waals surface area contributed by atoms with E-state index in [1.807, 2.05) is 0 Å². The molecule has 0 aromatic carbocycles. The van der Waals surface area contributed by atoms with Crippen LogP contribution in [-0.4, -0.2) is 53.7 Å². The van der Waals surface area contributed by atoms with Crippen LogP contribution in [0, 0.1) is 0 Å². The minimum Gasteiger partial charge on any atom is -0.394 e. The number of H-pyrrole nitrogens is 1. The van der Waals surface area contributed by atoms with Crippen molar-refractivity contribution in [3.63, 3.8) is 0 Å². The highest BCUT2D eigenvalue weighted by atomic mass is 16.4. The average Bonchev–Trinajstić information content (AvgIpc) is 2.71. The van der Waals surface area contributed by atoms with E-state index in [-0.39, 0.29) is 23.7 Å². The van der Waals surface area contributed by atoms with Crippen molar-refractivity contribution in [3.05, 3.63) is 16.7 Å². The summed E-state index contributed by atoms with van der Waals surface area (Å²) in [7, 11) is 0. The molecular weight excluding hydrogens is 242 g/mol. The number of aromatic nitrogens is 4. The van der Waals surface area contributed by atoms with Crippen molar-refractivity contribution in [1.29, 1.82) is 0 Å². The highest BCUT2D eigenvalue weighted by molar-refractivity contribution is 5.70. The number of nitrogens with two attached hydrogens (primary N) is 1. The monoisotopic (exact) mass is 255 g/mol. The first-order chi connectivity index (χ1) is 8.52. The van der Waals surface area contributed by atoms with Gasteiger partial charge in [-0.3, -0.25) is 9.78 Å². The Bertz CT molecular complexity index is 607. The van der Waals surface area contributed by atoms with Gasteiger partial charge in [-0.25, -0.2) is 4.98 Å². The lowest BCUT2D eigenvalue weighted by Crippen LogP contribution is -2.33. The molecule has 9 nitrogen and oxygen atoms in total. The number of nitrogens with one attached hydrogen (secondary N) is 1. The number of hydrogen-bond donors (Lipinski definition) is 5. The highest BCUT2D eigenvalue weighted by Gasteiger charge is 2.18. The summed E-state index contributed by atoms with van der Waals surface area (Å²) < 4.78 is 1.38. The highest BCUT2D eigenvalue weighted by Crippen LogP contribution is 2.08. The molecular formula is C9H13N5O4. The summed E-state index contributed by atoms with van der Waals surface area (Å²) >= 11 is 0. The Kier molecular flexibility index (Phi) is 3.28. The van der Waals surface area contributed by atoms with Crippen LogP contribution in [-0.2, 0) is 6.54 Å². The van der Waals surface area contributed by atoms with Gasteiger partial charge in [-0.2, -0.15) is 4.98 Å². The van der Waals surface area contributed by atoms with Gasteiger partial charge in [-0.05, 0) is 0 Å². The molecule has 2 aromatic heterocycles. The second-order valence-corrected chi connectivity index (χ2v) is 3.84. The molecule has 18 heavy (non-hydrogen) atoms. The Labute approximate surface area is 101 Å². The molecule has 0 bridgehead atoms. The van der Waals surface area contributed by atoms with Gasteiger partial charge < -0.3 is 25.6 Å². The molecule has 0 aliphatic rings. The first-order valence-electron chi connectivity index (χ1n) is 5.20. The van der Waals surface area contributed by atoms with Gasteiger partial charge in [0.1, 0.15) is 12.2 Å². The molecule has 2 aromatic rings. The van der Waals surface area contributed by atoms with E-state index < -0.39 is 24.4 Å². The van der Waals surface area contributed by atoms with Gasteiger partial charge in [0, 0.05) is 0 Å². The van der Waals surface area contributed by atoms with Gasteiger partial charge in [-0.15, -0.1) is 0 Å². The van der Waals surface area contributed by atoms with Gasteiger partial charge in [0.2, 0.25) is 5.95 Å². The molecule has 0 aliphatic heterocycles. The van der Waals surface area contributed by atoms with E-state index in [1.165, 1.54) is 10.9 Å². The fraction of sp³-hybridized carbons (Fsp3) is 0.444. The smallest absolute Gasteiger partial charge is 0.280 e. The van der Waals surface area contributed by atoms with Crippen LogP contribution in [0.5, 0.6) is 0 Å². The minimum absolute atomic E-state index is 0.0614. The molecule has 2 atom stereocenters. The van der Waals surface area contributed by atoms with Crippen LogP contribution < -0.4 is 11.3 Å². The lowest BCUT2D eigenvalue weighted by molar-refractivity contribution is -0.0211. The molecule has 0 fully saturated rings. The molecule has 0 amide bonds. The fourth-order valence-corrected chi connectivity index (χ4v) is 1.55. The number of anilines is 1. The fourth-order valence-electron chi connectivity index (χ4n) is 1.55. The third-order valence-corrected chi connectivity index (χ3v) is 2.51. The first kappa shape index (κ1) is 12.5. The van der Waals surface area contributed by atoms with E-state index in [9.17, 15) is 15.0 Å². The predicted octanol–water partition coefficient (Wildman–Crippen LogP) is -2.58. The van der Waals surface area contributed by atoms with Crippen LogP contribution in [0.3, 0.4) is 0 Å².